The zero-order chi connectivity index (χ0) is 14.8. The van der Waals surface area contributed by atoms with Crippen LogP contribution >= 0.6 is 11.3 Å². The molecule has 0 radical (unpaired) electrons. The molecule has 0 aliphatic rings. The molecule has 0 aliphatic heterocycles. The molecule has 2 aromatic heterocycles. The van der Waals surface area contributed by atoms with Crippen molar-refractivity contribution >= 4 is 34.2 Å². The highest BCUT2D eigenvalue weighted by Crippen LogP contribution is 2.17. The molecule has 0 saturated heterocycles. The normalized spacial score (nSPS) is 11.3. The lowest BCUT2D eigenvalue weighted by atomic mass is 10.1. The van der Waals surface area contributed by atoms with Crippen LogP contribution in [0.15, 0.2) is 57.8 Å². The molecular weight excluding hydrogens is 284 g/mol. The Morgan fingerprint density at radius 3 is 2.76 bits per heavy atom. The highest BCUT2D eigenvalue weighted by molar-refractivity contribution is 7.12. The van der Waals surface area contributed by atoms with E-state index < -0.39 is 5.63 Å². The van der Waals surface area contributed by atoms with Crippen LogP contribution in [0.2, 0.25) is 0 Å². The Bertz CT molecular complexity index is 900. The number of thiophene rings is 1. The first-order valence-corrected chi connectivity index (χ1v) is 7.27. The van der Waals surface area contributed by atoms with E-state index in [9.17, 15) is 9.59 Å². The highest BCUT2D eigenvalue weighted by atomic mass is 32.1. The molecule has 0 saturated carbocycles. The second kappa shape index (κ2) is 5.50. The van der Waals surface area contributed by atoms with Crippen LogP contribution in [0.3, 0.4) is 0 Å². The van der Waals surface area contributed by atoms with Crippen molar-refractivity contribution in [3.8, 4) is 0 Å². The van der Waals surface area contributed by atoms with Gasteiger partial charge in [0.25, 0.3) is 0 Å². The van der Waals surface area contributed by atoms with Gasteiger partial charge in [0.1, 0.15) is 11.1 Å². The maximum absolute atomic E-state index is 12.1. The van der Waals surface area contributed by atoms with E-state index in [2.05, 4.69) is 0 Å². The van der Waals surface area contributed by atoms with Crippen molar-refractivity contribution in [2.75, 3.05) is 0 Å². The Hall–Kier alpha value is -2.46. The zero-order valence-electron chi connectivity index (χ0n) is 11.3. The molecule has 0 atom stereocenters. The first-order chi connectivity index (χ1) is 10.1. The van der Waals surface area contributed by atoms with Crippen LogP contribution in [0.5, 0.6) is 0 Å². The third-order valence-electron chi connectivity index (χ3n) is 3.07. The number of rotatable bonds is 3. The fraction of sp³-hybridized carbons (Fsp3) is 0.0588. The molecule has 2 heterocycles. The van der Waals surface area contributed by atoms with Crippen molar-refractivity contribution in [3.05, 3.63) is 74.3 Å². The van der Waals surface area contributed by atoms with E-state index in [4.69, 9.17) is 4.42 Å². The van der Waals surface area contributed by atoms with Crippen LogP contribution < -0.4 is 5.63 Å². The lowest BCUT2D eigenvalue weighted by Gasteiger charge is -1.98. The van der Waals surface area contributed by atoms with Crippen molar-refractivity contribution in [1.82, 2.24) is 0 Å². The van der Waals surface area contributed by atoms with Crippen LogP contribution in [-0.4, -0.2) is 5.78 Å². The Morgan fingerprint density at radius 2 is 2.00 bits per heavy atom. The van der Waals surface area contributed by atoms with Crippen molar-refractivity contribution in [1.29, 1.82) is 0 Å². The number of aryl methyl sites for hydroxylation is 1. The average molecular weight is 296 g/mol. The molecule has 0 fully saturated rings. The Labute approximate surface area is 125 Å². The standard InChI is InChI=1S/C17H12O3S/c1-11-6-7-13(21-11)8-9-15(18)14-10-12-4-2-3-5-16(12)20-17(14)19/h2-10H,1H3/b9-8+. The molecule has 0 N–H and O–H groups in total. The van der Waals surface area contributed by atoms with Crippen molar-refractivity contribution in [3.63, 3.8) is 0 Å². The number of benzene rings is 1. The summed E-state index contributed by atoms with van der Waals surface area (Å²) < 4.78 is 5.16. The number of hydrogen-bond donors (Lipinski definition) is 0. The molecule has 21 heavy (non-hydrogen) atoms. The molecular formula is C17H12O3S. The van der Waals surface area contributed by atoms with Crippen molar-refractivity contribution in [2.24, 2.45) is 0 Å². The van der Waals surface area contributed by atoms with Gasteiger partial charge in [-0.05, 0) is 43.3 Å². The van der Waals surface area contributed by atoms with E-state index in [0.29, 0.717) is 5.58 Å². The van der Waals surface area contributed by atoms with E-state index in [1.807, 2.05) is 25.1 Å². The summed E-state index contributed by atoms with van der Waals surface area (Å²) in [6.07, 6.45) is 3.13. The molecule has 3 aromatic rings. The summed E-state index contributed by atoms with van der Waals surface area (Å²) in [6, 6.07) is 12.6. The Kier molecular flexibility index (Phi) is 3.54. The highest BCUT2D eigenvalue weighted by Gasteiger charge is 2.10. The molecule has 104 valence electrons. The quantitative estimate of drug-likeness (QED) is 0.416. The summed E-state index contributed by atoms with van der Waals surface area (Å²) in [4.78, 5) is 26.2. The minimum Gasteiger partial charge on any atom is -0.422 e. The van der Waals surface area contributed by atoms with Gasteiger partial charge in [-0.15, -0.1) is 11.3 Å². The summed E-state index contributed by atoms with van der Waals surface area (Å²) in [6.45, 7) is 2.00. The van der Waals surface area contributed by atoms with Gasteiger partial charge in [0.15, 0.2) is 5.78 Å². The van der Waals surface area contributed by atoms with Gasteiger partial charge < -0.3 is 4.42 Å². The monoisotopic (exact) mass is 296 g/mol. The predicted octanol–water partition coefficient (Wildman–Crippen LogP) is 4.06. The Morgan fingerprint density at radius 1 is 1.19 bits per heavy atom. The molecule has 0 unspecified atom stereocenters. The molecule has 0 amide bonds. The lowest BCUT2D eigenvalue weighted by molar-refractivity contribution is 0.104. The second-order valence-electron chi connectivity index (χ2n) is 4.63. The topological polar surface area (TPSA) is 47.3 Å². The van der Waals surface area contributed by atoms with Gasteiger partial charge in [-0.1, -0.05) is 18.2 Å². The molecule has 0 bridgehead atoms. The number of carbonyl (C=O) groups is 1. The van der Waals surface area contributed by atoms with Gasteiger partial charge in [0.05, 0.1) is 0 Å². The lowest BCUT2D eigenvalue weighted by Crippen LogP contribution is -2.11. The first kappa shape index (κ1) is 13.5. The van der Waals surface area contributed by atoms with Gasteiger partial charge in [-0.3, -0.25) is 4.79 Å². The fourth-order valence-electron chi connectivity index (χ4n) is 2.02. The van der Waals surface area contributed by atoms with Crippen LogP contribution in [0, 0.1) is 6.92 Å². The third kappa shape index (κ3) is 2.85. The van der Waals surface area contributed by atoms with Crippen molar-refractivity contribution < 1.29 is 9.21 Å². The summed E-state index contributed by atoms with van der Waals surface area (Å²) in [7, 11) is 0. The molecule has 3 rings (SSSR count). The third-order valence-corrected chi connectivity index (χ3v) is 4.03. The minimum atomic E-state index is -0.606. The summed E-state index contributed by atoms with van der Waals surface area (Å²) in [5.74, 6) is -0.347. The van der Waals surface area contributed by atoms with Gasteiger partial charge in [0, 0.05) is 15.1 Å². The number of fused-ring (bicyclic) bond motifs is 1. The number of carbonyl (C=O) groups excluding carboxylic acids is 1. The largest absolute Gasteiger partial charge is 0.422 e. The van der Waals surface area contributed by atoms with Crippen LogP contribution in [-0.2, 0) is 0 Å². The minimum absolute atomic E-state index is 0.0539. The van der Waals surface area contributed by atoms with Crippen molar-refractivity contribution in [2.45, 2.75) is 6.92 Å². The summed E-state index contributed by atoms with van der Waals surface area (Å²) in [5.41, 5.74) is -0.0687. The predicted molar refractivity (Wildman–Crippen MR) is 84.9 cm³/mol. The first-order valence-electron chi connectivity index (χ1n) is 6.45. The summed E-state index contributed by atoms with van der Waals surface area (Å²) in [5, 5.41) is 0.737. The molecule has 4 heteroatoms. The van der Waals surface area contributed by atoms with Crippen LogP contribution in [0.4, 0.5) is 0 Å². The Balaban J connectivity index is 1.96. The SMILES string of the molecule is Cc1ccc(/C=C/C(=O)c2cc3ccccc3oc2=O)s1. The van der Waals surface area contributed by atoms with Crippen LogP contribution in [0.1, 0.15) is 20.1 Å². The number of ketones is 1. The number of hydrogen-bond acceptors (Lipinski definition) is 4. The van der Waals surface area contributed by atoms with E-state index in [-0.39, 0.29) is 11.3 Å². The van der Waals surface area contributed by atoms with E-state index >= 15 is 0 Å². The smallest absolute Gasteiger partial charge is 0.347 e. The maximum atomic E-state index is 12.1. The van der Waals surface area contributed by atoms with E-state index in [1.165, 1.54) is 11.0 Å². The van der Waals surface area contributed by atoms with Gasteiger partial charge in [-0.2, -0.15) is 0 Å². The van der Waals surface area contributed by atoms with E-state index in [0.717, 1.165) is 10.3 Å². The second-order valence-corrected chi connectivity index (χ2v) is 5.95. The summed E-state index contributed by atoms with van der Waals surface area (Å²) >= 11 is 1.59. The van der Waals surface area contributed by atoms with Crippen LogP contribution in [0.25, 0.3) is 17.0 Å². The number of allylic oxidation sites excluding steroid dienone is 1. The van der Waals surface area contributed by atoms with Gasteiger partial charge in [0.2, 0.25) is 0 Å². The molecule has 1 aromatic carbocycles. The fourth-order valence-corrected chi connectivity index (χ4v) is 2.80. The maximum Gasteiger partial charge on any atom is 0.347 e. The van der Waals surface area contributed by atoms with Gasteiger partial charge in [-0.25, -0.2) is 4.79 Å². The van der Waals surface area contributed by atoms with Gasteiger partial charge >= 0.3 is 5.63 Å². The zero-order valence-corrected chi connectivity index (χ0v) is 12.1. The molecule has 0 spiro atoms. The molecule has 3 nitrogen and oxygen atoms in total. The number of para-hydroxylation sites is 1. The van der Waals surface area contributed by atoms with E-state index in [1.54, 1.807) is 41.7 Å². The average Bonchev–Trinajstić information content (AvgIpc) is 2.89. The molecule has 0 aliphatic carbocycles.